The van der Waals surface area contributed by atoms with Crippen LogP contribution in [0.15, 0.2) is 48.5 Å². The number of hydrogen-bond donors (Lipinski definition) is 1. The van der Waals surface area contributed by atoms with Crippen molar-refractivity contribution < 1.29 is 17.6 Å². The minimum absolute atomic E-state index is 0.360. The van der Waals surface area contributed by atoms with Gasteiger partial charge in [-0.05, 0) is 48.5 Å². The first-order valence-corrected chi connectivity index (χ1v) is 8.45. The van der Waals surface area contributed by atoms with Crippen molar-refractivity contribution >= 4 is 27.5 Å². The number of rotatable bonds is 5. The molecule has 1 amide bonds. The SMILES string of the molecule is CN(C)S(=O)(=O)N(C)c1ccc(C(=O)Nc2ccc(F)cc2)cc1. The summed E-state index contributed by atoms with van der Waals surface area (Å²) < 4.78 is 39.2. The molecular formula is C16H18FN3O3S. The van der Waals surface area contributed by atoms with E-state index >= 15 is 0 Å². The highest BCUT2D eigenvalue weighted by Crippen LogP contribution is 2.19. The predicted octanol–water partition coefficient (Wildman–Crippen LogP) is 2.32. The molecule has 1 N–H and O–H groups in total. The number of benzene rings is 2. The first kappa shape index (κ1) is 17.9. The second-order valence-corrected chi connectivity index (χ2v) is 7.44. The van der Waals surface area contributed by atoms with E-state index in [1.165, 1.54) is 57.5 Å². The van der Waals surface area contributed by atoms with E-state index in [1.54, 1.807) is 12.1 Å². The van der Waals surface area contributed by atoms with Crippen molar-refractivity contribution in [3.8, 4) is 0 Å². The van der Waals surface area contributed by atoms with Crippen LogP contribution in [0.4, 0.5) is 15.8 Å². The van der Waals surface area contributed by atoms with Crippen LogP contribution in [-0.4, -0.2) is 39.8 Å². The van der Waals surface area contributed by atoms with Crippen LogP contribution in [0.25, 0.3) is 0 Å². The predicted molar refractivity (Wildman–Crippen MR) is 91.8 cm³/mol. The highest BCUT2D eigenvalue weighted by molar-refractivity contribution is 7.90. The molecule has 0 radical (unpaired) electrons. The molecule has 0 heterocycles. The molecule has 2 aromatic carbocycles. The van der Waals surface area contributed by atoms with E-state index in [0.717, 1.165) is 8.61 Å². The fourth-order valence-corrected chi connectivity index (χ4v) is 2.82. The summed E-state index contributed by atoms with van der Waals surface area (Å²) in [7, 11) is 0.730. The van der Waals surface area contributed by atoms with Gasteiger partial charge in [0.2, 0.25) is 0 Å². The van der Waals surface area contributed by atoms with Crippen LogP contribution in [0.2, 0.25) is 0 Å². The minimum Gasteiger partial charge on any atom is -0.322 e. The third-order valence-corrected chi connectivity index (χ3v) is 5.23. The van der Waals surface area contributed by atoms with Crippen LogP contribution in [0.5, 0.6) is 0 Å². The maximum atomic E-state index is 12.9. The van der Waals surface area contributed by atoms with Gasteiger partial charge in [-0.3, -0.25) is 9.10 Å². The summed E-state index contributed by atoms with van der Waals surface area (Å²) in [5.74, 6) is -0.756. The van der Waals surface area contributed by atoms with Crippen molar-refractivity contribution in [2.75, 3.05) is 30.8 Å². The molecule has 0 saturated carbocycles. The summed E-state index contributed by atoms with van der Waals surface area (Å²) in [6.07, 6.45) is 0. The summed E-state index contributed by atoms with van der Waals surface area (Å²) in [5, 5.41) is 2.64. The highest BCUT2D eigenvalue weighted by Gasteiger charge is 2.21. The number of anilines is 2. The number of nitrogens with zero attached hydrogens (tertiary/aromatic N) is 2. The second kappa shape index (κ2) is 6.98. The van der Waals surface area contributed by atoms with Gasteiger partial charge in [-0.1, -0.05) is 0 Å². The van der Waals surface area contributed by atoms with Crippen LogP contribution >= 0.6 is 0 Å². The Kier molecular flexibility index (Phi) is 5.20. The van der Waals surface area contributed by atoms with Gasteiger partial charge in [0.1, 0.15) is 5.82 Å². The Hall–Kier alpha value is -2.45. The van der Waals surface area contributed by atoms with E-state index in [-0.39, 0.29) is 11.7 Å². The molecule has 0 aliphatic rings. The van der Waals surface area contributed by atoms with Crippen molar-refractivity contribution in [3.63, 3.8) is 0 Å². The average molecular weight is 351 g/mol. The monoisotopic (exact) mass is 351 g/mol. The molecule has 2 aromatic rings. The lowest BCUT2D eigenvalue weighted by atomic mass is 10.2. The van der Waals surface area contributed by atoms with Crippen molar-refractivity contribution in [1.82, 2.24) is 4.31 Å². The summed E-state index contributed by atoms with van der Waals surface area (Å²) in [6.45, 7) is 0. The van der Waals surface area contributed by atoms with Crippen molar-refractivity contribution in [3.05, 3.63) is 59.9 Å². The van der Waals surface area contributed by atoms with Gasteiger partial charge in [0.25, 0.3) is 5.91 Å². The zero-order chi connectivity index (χ0) is 17.9. The number of halogens is 1. The standard InChI is InChI=1S/C16H18FN3O3S/c1-19(2)24(22,23)20(3)15-10-4-12(5-11-15)16(21)18-14-8-6-13(17)7-9-14/h4-11H,1-3H3,(H,18,21). The van der Waals surface area contributed by atoms with E-state index in [0.29, 0.717) is 16.9 Å². The zero-order valence-corrected chi connectivity index (χ0v) is 14.3. The van der Waals surface area contributed by atoms with Crippen molar-refractivity contribution in [1.29, 1.82) is 0 Å². The zero-order valence-electron chi connectivity index (χ0n) is 13.5. The number of amides is 1. The number of carbonyl (C=O) groups is 1. The van der Waals surface area contributed by atoms with E-state index in [4.69, 9.17) is 0 Å². The Labute approximate surface area is 140 Å². The Morgan fingerprint density at radius 2 is 1.50 bits per heavy atom. The molecule has 0 aliphatic carbocycles. The fraction of sp³-hybridized carbons (Fsp3) is 0.188. The molecule has 0 spiro atoms. The quantitative estimate of drug-likeness (QED) is 0.899. The lowest BCUT2D eigenvalue weighted by Crippen LogP contribution is -2.37. The lowest BCUT2D eigenvalue weighted by Gasteiger charge is -2.23. The van der Waals surface area contributed by atoms with Gasteiger partial charge in [-0.25, -0.2) is 4.39 Å². The molecule has 2 rings (SSSR count). The summed E-state index contributed by atoms with van der Waals surface area (Å²) in [5.41, 5.74) is 1.26. The average Bonchev–Trinajstić information content (AvgIpc) is 2.56. The van der Waals surface area contributed by atoms with Crippen LogP contribution in [0.3, 0.4) is 0 Å². The Morgan fingerprint density at radius 3 is 2.00 bits per heavy atom. The summed E-state index contributed by atoms with van der Waals surface area (Å²) in [6, 6.07) is 11.5. The maximum Gasteiger partial charge on any atom is 0.303 e. The Morgan fingerprint density at radius 1 is 0.958 bits per heavy atom. The van der Waals surface area contributed by atoms with Gasteiger partial charge >= 0.3 is 10.2 Å². The smallest absolute Gasteiger partial charge is 0.303 e. The van der Waals surface area contributed by atoms with Gasteiger partial charge in [-0.15, -0.1) is 0 Å². The number of hydrogen-bond acceptors (Lipinski definition) is 3. The first-order chi connectivity index (χ1) is 11.2. The highest BCUT2D eigenvalue weighted by atomic mass is 32.2. The molecule has 0 aliphatic heterocycles. The van der Waals surface area contributed by atoms with Gasteiger partial charge in [0, 0.05) is 32.4 Å². The molecule has 0 fully saturated rings. The van der Waals surface area contributed by atoms with Gasteiger partial charge in [-0.2, -0.15) is 12.7 Å². The van der Waals surface area contributed by atoms with Gasteiger partial charge in [0.05, 0.1) is 5.69 Å². The molecule has 8 heteroatoms. The van der Waals surface area contributed by atoms with Gasteiger partial charge < -0.3 is 5.32 Å². The molecule has 0 saturated heterocycles. The topological polar surface area (TPSA) is 69.7 Å². The first-order valence-electron chi connectivity index (χ1n) is 7.05. The molecule has 0 unspecified atom stereocenters. The largest absolute Gasteiger partial charge is 0.322 e. The Bertz CT molecular complexity index is 819. The van der Waals surface area contributed by atoms with Crippen LogP contribution in [0.1, 0.15) is 10.4 Å². The molecule has 0 bridgehead atoms. The molecule has 128 valence electrons. The van der Waals surface area contributed by atoms with E-state index in [9.17, 15) is 17.6 Å². The third kappa shape index (κ3) is 3.90. The molecule has 24 heavy (non-hydrogen) atoms. The van der Waals surface area contributed by atoms with E-state index in [1.807, 2.05) is 0 Å². The molecule has 0 aromatic heterocycles. The molecule has 0 atom stereocenters. The van der Waals surface area contributed by atoms with E-state index in [2.05, 4.69) is 5.32 Å². The van der Waals surface area contributed by atoms with Crippen molar-refractivity contribution in [2.45, 2.75) is 0 Å². The summed E-state index contributed by atoms with van der Waals surface area (Å²) in [4.78, 5) is 12.1. The Balaban J connectivity index is 2.14. The van der Waals surface area contributed by atoms with Crippen molar-refractivity contribution in [2.24, 2.45) is 0 Å². The van der Waals surface area contributed by atoms with Gasteiger partial charge in [0.15, 0.2) is 0 Å². The van der Waals surface area contributed by atoms with Crippen LogP contribution in [-0.2, 0) is 10.2 Å². The maximum absolute atomic E-state index is 12.9. The lowest BCUT2D eigenvalue weighted by molar-refractivity contribution is 0.102. The summed E-state index contributed by atoms with van der Waals surface area (Å²) >= 11 is 0. The number of nitrogens with one attached hydrogen (secondary N) is 1. The minimum atomic E-state index is -3.59. The second-order valence-electron chi connectivity index (χ2n) is 5.27. The number of carbonyl (C=O) groups excluding carboxylic acids is 1. The van der Waals surface area contributed by atoms with Crippen LogP contribution < -0.4 is 9.62 Å². The van der Waals surface area contributed by atoms with E-state index < -0.39 is 10.2 Å². The normalized spacial score (nSPS) is 11.4. The third-order valence-electron chi connectivity index (χ3n) is 3.40. The molecule has 6 nitrogen and oxygen atoms in total. The van der Waals surface area contributed by atoms with Crippen LogP contribution in [0, 0.1) is 5.82 Å². The molecular weight excluding hydrogens is 333 g/mol. The fourth-order valence-electron chi connectivity index (χ4n) is 1.94.